The van der Waals surface area contributed by atoms with E-state index in [1.165, 1.54) is 12.1 Å². The van der Waals surface area contributed by atoms with E-state index in [9.17, 15) is 13.2 Å². The van der Waals surface area contributed by atoms with E-state index in [1.807, 2.05) is 13.0 Å². The van der Waals surface area contributed by atoms with Crippen molar-refractivity contribution < 1.29 is 13.2 Å². The molecule has 1 aromatic carbocycles. The van der Waals surface area contributed by atoms with Crippen molar-refractivity contribution in [2.24, 2.45) is 0 Å². The topological polar surface area (TPSA) is 41.6 Å². The molecule has 25 heavy (non-hydrogen) atoms. The van der Waals surface area contributed by atoms with Crippen molar-refractivity contribution in [3.05, 3.63) is 64.5 Å². The van der Waals surface area contributed by atoms with Gasteiger partial charge in [-0.15, -0.1) is 0 Å². The van der Waals surface area contributed by atoms with Crippen molar-refractivity contribution in [3.8, 4) is 6.07 Å². The van der Waals surface area contributed by atoms with E-state index in [1.54, 1.807) is 29.8 Å². The summed E-state index contributed by atoms with van der Waals surface area (Å²) in [5.74, 6) is 0. The largest absolute Gasteiger partial charge is 0.416 e. The van der Waals surface area contributed by atoms with Gasteiger partial charge in [0.15, 0.2) is 0 Å². The van der Waals surface area contributed by atoms with Gasteiger partial charge in [0.2, 0.25) is 0 Å². The fourth-order valence-corrected chi connectivity index (χ4v) is 3.12. The fourth-order valence-electron chi connectivity index (χ4n) is 3.12. The lowest BCUT2D eigenvalue weighted by molar-refractivity contribution is -0.138. The molecular formula is C19H16F3N3. The number of nitrogens with zero attached hydrogens (tertiary/aromatic N) is 3. The maximum absolute atomic E-state index is 13.4. The Morgan fingerprint density at radius 1 is 1.20 bits per heavy atom. The van der Waals surface area contributed by atoms with Crippen molar-refractivity contribution in [2.75, 3.05) is 0 Å². The van der Waals surface area contributed by atoms with Crippen LogP contribution in [0.5, 0.6) is 0 Å². The second-order valence-electron chi connectivity index (χ2n) is 6.02. The van der Waals surface area contributed by atoms with Crippen LogP contribution in [0.4, 0.5) is 13.2 Å². The minimum atomic E-state index is -4.42. The molecular weight excluding hydrogens is 327 g/mol. The highest BCUT2D eigenvalue weighted by Crippen LogP contribution is 2.34. The average Bonchev–Trinajstić information content (AvgIpc) is 2.82. The Hall–Kier alpha value is -2.81. The number of nitriles is 1. The summed E-state index contributed by atoms with van der Waals surface area (Å²) in [5.41, 5.74) is 2.29. The molecule has 0 aliphatic heterocycles. The Kier molecular flexibility index (Phi) is 4.25. The van der Waals surface area contributed by atoms with Gasteiger partial charge in [0.1, 0.15) is 5.65 Å². The number of hydrogen-bond donors (Lipinski definition) is 0. The van der Waals surface area contributed by atoms with Gasteiger partial charge in [0.05, 0.1) is 18.1 Å². The van der Waals surface area contributed by atoms with Gasteiger partial charge in [-0.3, -0.25) is 0 Å². The molecule has 0 N–H and O–H groups in total. The number of rotatable bonds is 3. The number of fused-ring (bicyclic) bond motifs is 1. The van der Waals surface area contributed by atoms with E-state index in [0.717, 1.165) is 16.6 Å². The zero-order valence-electron chi connectivity index (χ0n) is 13.9. The molecule has 0 saturated heterocycles. The van der Waals surface area contributed by atoms with Crippen LogP contribution in [-0.2, 0) is 19.1 Å². The fraction of sp³-hybridized carbons (Fsp3) is 0.263. The van der Waals surface area contributed by atoms with Crippen molar-refractivity contribution in [3.63, 3.8) is 0 Å². The number of aromatic nitrogens is 2. The van der Waals surface area contributed by atoms with Gasteiger partial charge in [0.25, 0.3) is 0 Å². The first kappa shape index (κ1) is 17.0. The molecule has 6 heteroatoms. The highest BCUT2D eigenvalue weighted by Gasteiger charge is 2.33. The molecule has 0 saturated carbocycles. The van der Waals surface area contributed by atoms with Gasteiger partial charge < -0.3 is 4.57 Å². The summed E-state index contributed by atoms with van der Waals surface area (Å²) in [4.78, 5) is 4.32. The van der Waals surface area contributed by atoms with Crippen LogP contribution < -0.4 is 0 Å². The first-order valence-corrected chi connectivity index (χ1v) is 7.79. The van der Waals surface area contributed by atoms with Gasteiger partial charge in [-0.1, -0.05) is 17.7 Å². The van der Waals surface area contributed by atoms with Crippen LogP contribution in [0.25, 0.3) is 11.0 Å². The molecule has 0 radical (unpaired) electrons. The maximum atomic E-state index is 13.4. The van der Waals surface area contributed by atoms with E-state index >= 15 is 0 Å². The Morgan fingerprint density at radius 3 is 2.64 bits per heavy atom. The molecule has 2 aromatic heterocycles. The van der Waals surface area contributed by atoms with Crippen molar-refractivity contribution in [2.45, 2.75) is 33.0 Å². The van der Waals surface area contributed by atoms with Crippen LogP contribution in [0.3, 0.4) is 0 Å². The zero-order chi connectivity index (χ0) is 18.2. The Labute approximate surface area is 143 Å². The lowest BCUT2D eigenvalue weighted by Crippen LogP contribution is -2.13. The van der Waals surface area contributed by atoms with Gasteiger partial charge in [0, 0.05) is 23.8 Å². The van der Waals surface area contributed by atoms with Crippen LogP contribution in [-0.4, -0.2) is 9.55 Å². The molecule has 0 spiro atoms. The van der Waals surface area contributed by atoms with Crippen molar-refractivity contribution >= 4 is 11.0 Å². The predicted molar refractivity (Wildman–Crippen MR) is 89.1 cm³/mol. The van der Waals surface area contributed by atoms with E-state index in [4.69, 9.17) is 5.26 Å². The van der Waals surface area contributed by atoms with Gasteiger partial charge in [-0.25, -0.2) is 4.98 Å². The summed E-state index contributed by atoms with van der Waals surface area (Å²) in [6.07, 6.45) is -2.61. The van der Waals surface area contributed by atoms with E-state index < -0.39 is 11.7 Å². The summed E-state index contributed by atoms with van der Waals surface area (Å²) < 4.78 is 42.0. The van der Waals surface area contributed by atoms with Crippen LogP contribution in [0.15, 0.2) is 36.5 Å². The number of pyridine rings is 1. The summed E-state index contributed by atoms with van der Waals surface area (Å²) in [5, 5.41) is 9.86. The van der Waals surface area contributed by atoms with Gasteiger partial charge >= 0.3 is 6.18 Å². The normalized spacial score (nSPS) is 11.7. The quantitative estimate of drug-likeness (QED) is 0.686. The van der Waals surface area contributed by atoms with Crippen molar-refractivity contribution in [1.82, 2.24) is 9.55 Å². The number of benzene rings is 1. The Morgan fingerprint density at radius 2 is 1.96 bits per heavy atom. The summed E-state index contributed by atoms with van der Waals surface area (Å²) in [6.45, 7) is 3.51. The van der Waals surface area contributed by atoms with Crippen molar-refractivity contribution in [1.29, 1.82) is 5.26 Å². The third-order valence-corrected chi connectivity index (χ3v) is 4.36. The standard InChI is InChI=1S/C19H16F3N3/c1-12-5-6-14(17(10-12)19(20,21)22)11-25-13(2)15(7-8-23)16-4-3-9-24-18(16)25/h3-6,9-10H,7,11H2,1-2H3. The number of aryl methyl sites for hydroxylation is 1. The zero-order valence-corrected chi connectivity index (χ0v) is 13.9. The highest BCUT2D eigenvalue weighted by atomic mass is 19.4. The molecule has 0 atom stereocenters. The lowest BCUT2D eigenvalue weighted by atomic mass is 10.0. The molecule has 0 aliphatic carbocycles. The summed E-state index contributed by atoms with van der Waals surface area (Å²) in [7, 11) is 0. The maximum Gasteiger partial charge on any atom is 0.416 e. The molecule has 0 aliphatic rings. The third kappa shape index (κ3) is 3.10. The monoisotopic (exact) mass is 343 g/mol. The van der Waals surface area contributed by atoms with Crippen LogP contribution in [0, 0.1) is 25.2 Å². The second kappa shape index (κ2) is 6.25. The Balaban J connectivity index is 2.17. The van der Waals surface area contributed by atoms with E-state index in [0.29, 0.717) is 11.2 Å². The SMILES string of the molecule is Cc1ccc(Cn2c(C)c(CC#N)c3cccnc32)c(C(F)(F)F)c1. The molecule has 2 heterocycles. The highest BCUT2D eigenvalue weighted by molar-refractivity contribution is 5.82. The lowest BCUT2D eigenvalue weighted by Gasteiger charge is -2.16. The Bertz CT molecular complexity index is 978. The minimum absolute atomic E-state index is 0.0555. The summed E-state index contributed by atoms with van der Waals surface area (Å²) >= 11 is 0. The number of alkyl halides is 3. The predicted octanol–water partition coefficient (Wildman–Crippen LogP) is 4.79. The molecule has 3 rings (SSSR count). The molecule has 0 amide bonds. The van der Waals surface area contributed by atoms with Crippen LogP contribution in [0.2, 0.25) is 0 Å². The summed E-state index contributed by atoms with van der Waals surface area (Å²) in [6, 6.07) is 10.1. The first-order valence-electron chi connectivity index (χ1n) is 7.79. The molecule has 3 nitrogen and oxygen atoms in total. The average molecular weight is 343 g/mol. The molecule has 3 aromatic rings. The smallest absolute Gasteiger partial charge is 0.325 e. The molecule has 128 valence electrons. The number of halogens is 3. The molecule has 0 fully saturated rings. The van der Waals surface area contributed by atoms with E-state index in [-0.39, 0.29) is 18.5 Å². The molecule has 0 bridgehead atoms. The second-order valence-corrected chi connectivity index (χ2v) is 6.02. The van der Waals surface area contributed by atoms with Crippen LogP contribution in [0.1, 0.15) is 27.9 Å². The van der Waals surface area contributed by atoms with Gasteiger partial charge in [-0.05, 0) is 43.2 Å². The van der Waals surface area contributed by atoms with Crippen LogP contribution >= 0.6 is 0 Å². The first-order chi connectivity index (χ1) is 11.8. The third-order valence-electron chi connectivity index (χ3n) is 4.36. The molecule has 0 unspecified atom stereocenters. The minimum Gasteiger partial charge on any atom is -0.325 e. The number of hydrogen-bond acceptors (Lipinski definition) is 2. The van der Waals surface area contributed by atoms with Gasteiger partial charge in [-0.2, -0.15) is 18.4 Å². The van der Waals surface area contributed by atoms with E-state index in [2.05, 4.69) is 11.1 Å².